The number of halogens is 24. The van der Waals surface area contributed by atoms with Gasteiger partial charge in [0.25, 0.3) is 0 Å². The average molecular weight is 768 g/mol. The summed E-state index contributed by atoms with van der Waals surface area (Å²) in [6.07, 6.45) is -47.8. The molecular weight excluding hydrogens is 756 g/mol. The lowest BCUT2D eigenvalue weighted by Crippen LogP contribution is -2.73. The van der Waals surface area contributed by atoms with Crippen molar-refractivity contribution in [2.75, 3.05) is 19.8 Å². The molecule has 47 heavy (non-hydrogen) atoms. The molecule has 0 saturated carbocycles. The van der Waals surface area contributed by atoms with Gasteiger partial charge in [-0.2, -0.15) is 92.2 Å². The molecule has 0 rings (SSSR count). The van der Waals surface area contributed by atoms with Crippen LogP contribution < -0.4 is 0 Å². The Bertz CT molecular complexity index is 954. The Morgan fingerprint density at radius 1 is 0.340 bits per heavy atom. The molecule has 3 atom stereocenters. The van der Waals surface area contributed by atoms with Crippen LogP contribution in [0, 0.1) is 5.41 Å². The van der Waals surface area contributed by atoms with E-state index in [1.807, 2.05) is 14.2 Å². The van der Waals surface area contributed by atoms with Crippen LogP contribution in [-0.2, 0) is 14.2 Å². The van der Waals surface area contributed by atoms with Crippen molar-refractivity contribution in [2.24, 2.45) is 5.41 Å². The summed E-state index contributed by atoms with van der Waals surface area (Å²) in [5.74, 6) is -44.9. The van der Waals surface area contributed by atoms with Crippen molar-refractivity contribution in [2.45, 2.75) is 79.1 Å². The third-order valence-corrected chi connectivity index (χ3v) is 5.70. The molecule has 0 bridgehead atoms. The largest absolute Gasteiger partial charge is 0.459 e. The van der Waals surface area contributed by atoms with Crippen LogP contribution in [0.25, 0.3) is 0 Å². The zero-order valence-electron chi connectivity index (χ0n) is 21.3. The first-order valence-electron chi connectivity index (χ1n) is 10.5. The van der Waals surface area contributed by atoms with Gasteiger partial charge in [-0.15, -0.1) is 0 Å². The molecule has 6 nitrogen and oxygen atoms in total. The minimum absolute atomic E-state index is 1.88. The van der Waals surface area contributed by atoms with Crippen LogP contribution in [0.1, 0.15) is 6.92 Å². The molecule has 3 N–H and O–H groups in total. The van der Waals surface area contributed by atoms with E-state index in [9.17, 15) is 105 Å². The number of hydrogen-bond donors (Lipinski definition) is 3. The van der Waals surface area contributed by atoms with Gasteiger partial charge < -0.3 is 15.3 Å². The van der Waals surface area contributed by atoms with E-state index in [1.165, 1.54) is 0 Å². The van der Waals surface area contributed by atoms with Gasteiger partial charge in [0.15, 0.2) is 0 Å². The molecule has 0 heterocycles. The van der Waals surface area contributed by atoms with E-state index in [2.05, 4.69) is 0 Å². The summed E-state index contributed by atoms with van der Waals surface area (Å²) in [4.78, 5) is 0. The third kappa shape index (κ3) is 6.94. The lowest BCUT2D eigenvalue weighted by atomic mass is 9.84. The molecule has 0 aromatic heterocycles. The molecule has 0 fully saturated rings. The van der Waals surface area contributed by atoms with Gasteiger partial charge in [-0.3, -0.25) is 14.2 Å². The number of hydrogen-bond acceptors (Lipinski definition) is 6. The molecule has 284 valence electrons. The van der Waals surface area contributed by atoms with Gasteiger partial charge in [0.05, 0.1) is 0 Å². The standard InChI is InChI=1S/C17H12F24O6/c1-5(15(36,37)45-6(18,2-42)9(21,22)12(27,28)29,16(38,39)46-7(19,3-43)10(23,24)13(30,31)32)17(40,41)47-8(20,4-44)11(25,26)14(33,34)35/h42-44H,2-4H2,1H3. The number of alkyl halides is 24. The monoisotopic (exact) mass is 768 g/mol. The van der Waals surface area contributed by atoms with E-state index in [1.54, 1.807) is 0 Å². The number of ether oxygens (including phenoxy) is 3. The summed E-state index contributed by atoms with van der Waals surface area (Å²) in [6, 6.07) is 0. The summed E-state index contributed by atoms with van der Waals surface area (Å²) in [6.45, 7) is -14.1. The second-order valence-corrected chi connectivity index (χ2v) is 8.86. The number of aliphatic hydroxyl groups excluding tert-OH is 3. The highest BCUT2D eigenvalue weighted by Crippen LogP contribution is 2.64. The average Bonchev–Trinajstić information content (AvgIpc) is 2.84. The van der Waals surface area contributed by atoms with Gasteiger partial charge in [0.1, 0.15) is 19.8 Å². The Labute approximate surface area is 240 Å². The van der Waals surface area contributed by atoms with Gasteiger partial charge >= 0.3 is 72.2 Å². The maximum atomic E-state index is 14.9. The summed E-state index contributed by atoms with van der Waals surface area (Å²) in [7, 11) is 0. The number of rotatable bonds is 15. The molecule has 0 amide bonds. The first-order valence-corrected chi connectivity index (χ1v) is 10.5. The highest BCUT2D eigenvalue weighted by atomic mass is 19.4. The zero-order chi connectivity index (χ0) is 38.7. The van der Waals surface area contributed by atoms with E-state index >= 15 is 0 Å². The van der Waals surface area contributed by atoms with Crippen LogP contribution in [0.4, 0.5) is 105 Å². The molecule has 0 aromatic rings. The molecule has 0 aromatic carbocycles. The Morgan fingerprint density at radius 3 is 0.596 bits per heavy atom. The fraction of sp³-hybridized carbons (Fsp3) is 1.00. The lowest BCUT2D eigenvalue weighted by Gasteiger charge is -2.49. The Kier molecular flexibility index (Phi) is 11.6. The summed E-state index contributed by atoms with van der Waals surface area (Å²) in [5.41, 5.74) is -7.79. The van der Waals surface area contributed by atoms with Crippen LogP contribution in [-0.4, -0.2) is 107 Å². The molecule has 0 radical (unpaired) electrons. The Hall–Kier alpha value is -1.92. The predicted octanol–water partition coefficient (Wildman–Crippen LogP) is 6.39. The van der Waals surface area contributed by atoms with E-state index in [-0.39, 0.29) is 0 Å². The van der Waals surface area contributed by atoms with Crippen LogP contribution in [0.15, 0.2) is 0 Å². The molecule has 30 heteroatoms. The van der Waals surface area contributed by atoms with Crippen molar-refractivity contribution in [3.05, 3.63) is 0 Å². The lowest BCUT2D eigenvalue weighted by molar-refractivity contribution is -0.560. The molecule has 0 spiro atoms. The second-order valence-electron chi connectivity index (χ2n) is 8.86. The van der Waals surface area contributed by atoms with Crippen molar-refractivity contribution >= 4 is 0 Å². The van der Waals surface area contributed by atoms with Crippen LogP contribution in [0.2, 0.25) is 0 Å². The predicted molar refractivity (Wildman–Crippen MR) is 92.0 cm³/mol. The van der Waals surface area contributed by atoms with Crippen LogP contribution in [0.3, 0.4) is 0 Å². The summed E-state index contributed by atoms with van der Waals surface area (Å²) >= 11 is 0. The molecule has 0 aliphatic rings. The summed E-state index contributed by atoms with van der Waals surface area (Å²) < 4.78 is 332. The van der Waals surface area contributed by atoms with E-state index in [0.29, 0.717) is 0 Å². The van der Waals surface area contributed by atoms with Crippen molar-refractivity contribution in [3.63, 3.8) is 0 Å². The highest BCUT2D eigenvalue weighted by Gasteiger charge is 2.88. The fourth-order valence-electron chi connectivity index (χ4n) is 2.65. The number of aliphatic hydroxyl groups is 3. The molecule has 0 aliphatic heterocycles. The minimum atomic E-state index is -8.24. The first kappa shape index (κ1) is 45.1. The van der Waals surface area contributed by atoms with Gasteiger partial charge in [-0.05, 0) is 6.92 Å². The SMILES string of the molecule is CC(C(F)(F)OC(F)(CO)C(F)(F)C(F)(F)F)(C(F)(F)OC(F)(CO)C(F)(F)C(F)(F)F)C(F)(F)OC(F)(CO)C(F)(F)C(F)(F)F. The third-order valence-electron chi connectivity index (χ3n) is 5.70. The zero-order valence-corrected chi connectivity index (χ0v) is 21.3. The molecule has 0 saturated heterocycles. The van der Waals surface area contributed by atoms with Crippen molar-refractivity contribution < 1.29 is 135 Å². The topological polar surface area (TPSA) is 88.4 Å². The van der Waals surface area contributed by atoms with Crippen LogP contribution in [0.5, 0.6) is 0 Å². The molecule has 3 unspecified atom stereocenters. The fourth-order valence-corrected chi connectivity index (χ4v) is 2.65. The van der Waals surface area contributed by atoms with Crippen molar-refractivity contribution in [1.29, 1.82) is 0 Å². The van der Waals surface area contributed by atoms with Gasteiger partial charge in [-0.25, -0.2) is 13.2 Å². The quantitative estimate of drug-likeness (QED) is 0.168. The van der Waals surface area contributed by atoms with Gasteiger partial charge in [0, 0.05) is 0 Å². The molecular formula is C17H12F24O6. The molecule has 0 aliphatic carbocycles. The summed E-state index contributed by atoms with van der Waals surface area (Å²) in [5, 5.41) is 25.4. The van der Waals surface area contributed by atoms with E-state index in [4.69, 9.17) is 15.3 Å². The van der Waals surface area contributed by atoms with Crippen molar-refractivity contribution in [3.8, 4) is 0 Å². The maximum absolute atomic E-state index is 14.9. The van der Waals surface area contributed by atoms with Crippen LogP contribution >= 0.6 is 0 Å². The minimum Gasteiger partial charge on any atom is -0.390 e. The second kappa shape index (κ2) is 12.1. The van der Waals surface area contributed by atoms with Crippen molar-refractivity contribution in [1.82, 2.24) is 0 Å². The van der Waals surface area contributed by atoms with E-state index < -0.39 is 104 Å². The normalized spacial score (nSPS) is 20.7. The van der Waals surface area contributed by atoms with E-state index in [0.717, 1.165) is 0 Å². The van der Waals surface area contributed by atoms with Gasteiger partial charge in [0.2, 0.25) is 5.41 Å². The Morgan fingerprint density at radius 2 is 0.489 bits per heavy atom. The highest BCUT2D eigenvalue weighted by molar-refractivity contribution is 5.05. The van der Waals surface area contributed by atoms with Gasteiger partial charge in [-0.1, -0.05) is 0 Å². The Balaban J connectivity index is 8.07. The maximum Gasteiger partial charge on any atom is 0.459 e. The smallest absolute Gasteiger partial charge is 0.390 e. The first-order chi connectivity index (χ1) is 20.1.